The third kappa shape index (κ3) is 8.08. The molecular weight excluding hydrogens is 352 g/mol. The lowest BCUT2D eigenvalue weighted by Crippen LogP contribution is -2.55. The lowest BCUT2D eigenvalue weighted by Gasteiger charge is -2.23. The molecule has 150 valence electrons. The van der Waals surface area contributed by atoms with Crippen molar-refractivity contribution in [2.45, 2.75) is 57.9 Å². The summed E-state index contributed by atoms with van der Waals surface area (Å²) in [4.78, 5) is 36.2. The van der Waals surface area contributed by atoms with Crippen LogP contribution in [0.4, 0.5) is 4.79 Å². The van der Waals surface area contributed by atoms with Gasteiger partial charge in [-0.25, -0.2) is 9.59 Å². The lowest BCUT2D eigenvalue weighted by molar-refractivity contribution is -0.145. The van der Waals surface area contributed by atoms with E-state index in [-0.39, 0.29) is 6.61 Å². The molecule has 0 heterocycles. The fraction of sp³-hybridized carbons (Fsp3) is 0.526. The summed E-state index contributed by atoms with van der Waals surface area (Å²) < 4.78 is 9.76. The Bertz CT molecular complexity index is 605. The summed E-state index contributed by atoms with van der Waals surface area (Å²) in [6.45, 7) is 3.35. The zero-order valence-electron chi connectivity index (χ0n) is 15.9. The Hall–Kier alpha value is -2.61. The normalized spacial score (nSPS) is 13.8. The van der Waals surface area contributed by atoms with Crippen LogP contribution in [0.2, 0.25) is 0 Å². The van der Waals surface area contributed by atoms with Gasteiger partial charge in [0.25, 0.3) is 0 Å². The van der Waals surface area contributed by atoms with Gasteiger partial charge in [-0.05, 0) is 18.9 Å². The molecule has 0 saturated carbocycles. The number of aliphatic hydroxyl groups excluding tert-OH is 1. The highest BCUT2D eigenvalue weighted by Gasteiger charge is 2.30. The second-order valence-electron chi connectivity index (χ2n) is 6.15. The predicted octanol–water partition coefficient (Wildman–Crippen LogP) is 1.51. The number of carbonyl (C=O) groups excluding carboxylic acids is 3. The summed E-state index contributed by atoms with van der Waals surface area (Å²) in [5.74, 6) is -1.26. The van der Waals surface area contributed by atoms with E-state index in [1.165, 1.54) is 14.0 Å². The average molecular weight is 380 g/mol. The number of methoxy groups -OCH3 is 1. The second kappa shape index (κ2) is 11.9. The maximum atomic E-state index is 12.4. The van der Waals surface area contributed by atoms with E-state index in [4.69, 9.17) is 9.47 Å². The first-order valence-corrected chi connectivity index (χ1v) is 8.92. The van der Waals surface area contributed by atoms with Gasteiger partial charge in [-0.15, -0.1) is 0 Å². The highest BCUT2D eigenvalue weighted by molar-refractivity contribution is 5.90. The monoisotopic (exact) mass is 380 g/mol. The molecule has 3 atom stereocenters. The van der Waals surface area contributed by atoms with Crippen LogP contribution in [0.15, 0.2) is 30.3 Å². The van der Waals surface area contributed by atoms with E-state index < -0.39 is 36.2 Å². The minimum absolute atomic E-state index is 0.0299. The summed E-state index contributed by atoms with van der Waals surface area (Å²) >= 11 is 0. The number of esters is 1. The van der Waals surface area contributed by atoms with Crippen molar-refractivity contribution in [1.29, 1.82) is 0 Å². The van der Waals surface area contributed by atoms with Gasteiger partial charge in [0.1, 0.15) is 18.7 Å². The molecule has 0 aliphatic heterocycles. The first kappa shape index (κ1) is 22.4. The molecular formula is C19H28N2O6. The Morgan fingerprint density at radius 2 is 1.81 bits per heavy atom. The van der Waals surface area contributed by atoms with E-state index in [2.05, 4.69) is 10.6 Å². The van der Waals surface area contributed by atoms with Crippen LogP contribution in [0.1, 0.15) is 38.7 Å². The van der Waals surface area contributed by atoms with Crippen LogP contribution in [0.5, 0.6) is 0 Å². The van der Waals surface area contributed by atoms with Crippen molar-refractivity contribution < 1.29 is 29.0 Å². The Morgan fingerprint density at radius 3 is 2.37 bits per heavy atom. The molecule has 27 heavy (non-hydrogen) atoms. The molecule has 0 aliphatic carbocycles. The Kier molecular flexibility index (Phi) is 9.89. The van der Waals surface area contributed by atoms with Crippen molar-refractivity contribution in [2.75, 3.05) is 7.11 Å². The molecule has 1 aromatic rings. The number of hydrogen-bond acceptors (Lipinski definition) is 6. The number of unbranched alkanes of at least 4 members (excludes halogenated alkanes) is 1. The highest BCUT2D eigenvalue weighted by atomic mass is 16.5. The van der Waals surface area contributed by atoms with E-state index in [0.717, 1.165) is 12.0 Å². The summed E-state index contributed by atoms with van der Waals surface area (Å²) in [5.41, 5.74) is 0.788. The van der Waals surface area contributed by atoms with Gasteiger partial charge in [0, 0.05) is 0 Å². The molecule has 3 N–H and O–H groups in total. The zero-order valence-corrected chi connectivity index (χ0v) is 15.9. The number of ether oxygens (including phenoxy) is 2. The number of aliphatic hydroxyl groups is 1. The van der Waals surface area contributed by atoms with Gasteiger partial charge in [0.2, 0.25) is 5.91 Å². The third-order valence-corrected chi connectivity index (χ3v) is 3.90. The van der Waals surface area contributed by atoms with Crippen molar-refractivity contribution >= 4 is 18.0 Å². The molecule has 0 saturated heterocycles. The molecule has 0 aliphatic rings. The number of benzene rings is 1. The first-order valence-electron chi connectivity index (χ1n) is 8.92. The minimum atomic E-state index is -1.26. The topological polar surface area (TPSA) is 114 Å². The fourth-order valence-corrected chi connectivity index (χ4v) is 2.36. The Labute approximate surface area is 159 Å². The number of alkyl carbamates (subject to hydrolysis) is 1. The van der Waals surface area contributed by atoms with Gasteiger partial charge < -0.3 is 25.2 Å². The van der Waals surface area contributed by atoms with E-state index in [0.29, 0.717) is 12.8 Å². The number of rotatable bonds is 10. The second-order valence-corrected chi connectivity index (χ2v) is 6.15. The van der Waals surface area contributed by atoms with Crippen molar-refractivity contribution in [3.05, 3.63) is 35.9 Å². The summed E-state index contributed by atoms with van der Waals surface area (Å²) in [7, 11) is 1.23. The summed E-state index contributed by atoms with van der Waals surface area (Å²) in [5, 5.41) is 14.7. The van der Waals surface area contributed by atoms with E-state index in [9.17, 15) is 19.5 Å². The van der Waals surface area contributed by atoms with Crippen LogP contribution in [0.25, 0.3) is 0 Å². The molecule has 8 nitrogen and oxygen atoms in total. The zero-order chi connectivity index (χ0) is 20.2. The molecule has 0 radical (unpaired) electrons. The van der Waals surface area contributed by atoms with Crippen molar-refractivity contribution in [3.8, 4) is 0 Å². The van der Waals surface area contributed by atoms with E-state index in [1.807, 2.05) is 25.1 Å². The maximum Gasteiger partial charge on any atom is 0.408 e. The van der Waals surface area contributed by atoms with Crippen LogP contribution >= 0.6 is 0 Å². The van der Waals surface area contributed by atoms with Gasteiger partial charge >= 0.3 is 12.1 Å². The first-order chi connectivity index (χ1) is 12.9. The van der Waals surface area contributed by atoms with Crippen molar-refractivity contribution in [3.63, 3.8) is 0 Å². The molecule has 0 aromatic heterocycles. The van der Waals surface area contributed by atoms with E-state index in [1.54, 1.807) is 12.1 Å². The molecule has 2 amide bonds. The van der Waals surface area contributed by atoms with Crippen LogP contribution in [-0.2, 0) is 25.7 Å². The molecule has 0 bridgehead atoms. The predicted molar refractivity (Wildman–Crippen MR) is 98.7 cm³/mol. The Balaban J connectivity index is 2.65. The molecule has 0 fully saturated rings. The van der Waals surface area contributed by atoms with Crippen LogP contribution in [-0.4, -0.2) is 48.4 Å². The molecule has 8 heteroatoms. The van der Waals surface area contributed by atoms with Crippen LogP contribution < -0.4 is 10.6 Å². The van der Waals surface area contributed by atoms with E-state index >= 15 is 0 Å². The van der Waals surface area contributed by atoms with Gasteiger partial charge in [-0.2, -0.15) is 0 Å². The Morgan fingerprint density at radius 1 is 1.15 bits per heavy atom. The van der Waals surface area contributed by atoms with Crippen LogP contribution in [0.3, 0.4) is 0 Å². The smallest absolute Gasteiger partial charge is 0.408 e. The third-order valence-electron chi connectivity index (χ3n) is 3.90. The summed E-state index contributed by atoms with van der Waals surface area (Å²) in [6.07, 6.45) is -0.0687. The molecule has 0 unspecified atom stereocenters. The fourth-order valence-electron chi connectivity index (χ4n) is 2.36. The lowest BCUT2D eigenvalue weighted by atomic mass is 10.1. The molecule has 1 aromatic carbocycles. The highest BCUT2D eigenvalue weighted by Crippen LogP contribution is 2.05. The largest absolute Gasteiger partial charge is 0.467 e. The van der Waals surface area contributed by atoms with Gasteiger partial charge in [0.05, 0.1) is 13.2 Å². The number of carbonyl (C=O) groups is 3. The average Bonchev–Trinajstić information content (AvgIpc) is 2.67. The van der Waals surface area contributed by atoms with Crippen molar-refractivity contribution in [2.24, 2.45) is 0 Å². The molecule has 1 rings (SSSR count). The molecule has 0 spiro atoms. The van der Waals surface area contributed by atoms with Crippen LogP contribution in [0, 0.1) is 0 Å². The quantitative estimate of drug-likeness (QED) is 0.530. The SMILES string of the molecule is CCCC[C@H](NC(=O)[C@@H](NC(=O)OCc1ccccc1)[C@@H](C)O)C(=O)OC. The minimum Gasteiger partial charge on any atom is -0.467 e. The number of amides is 2. The summed E-state index contributed by atoms with van der Waals surface area (Å²) in [6, 6.07) is 6.94. The number of hydrogen-bond donors (Lipinski definition) is 3. The van der Waals surface area contributed by atoms with Crippen molar-refractivity contribution in [1.82, 2.24) is 10.6 Å². The maximum absolute atomic E-state index is 12.4. The van der Waals surface area contributed by atoms with Gasteiger partial charge in [0.15, 0.2) is 0 Å². The number of nitrogens with one attached hydrogen (secondary N) is 2. The van der Waals surface area contributed by atoms with Gasteiger partial charge in [-0.3, -0.25) is 4.79 Å². The standard InChI is InChI=1S/C19H28N2O6/c1-4-5-11-15(18(24)26-3)20-17(23)16(13(2)22)21-19(25)27-12-14-9-7-6-8-10-14/h6-10,13,15-16,22H,4-5,11-12H2,1-3H3,(H,20,23)(H,21,25)/t13-,15+,16+/m1/s1. The van der Waals surface area contributed by atoms with Gasteiger partial charge in [-0.1, -0.05) is 50.1 Å².